The number of hydrogen-bond acceptors (Lipinski definition) is 4. The Morgan fingerprint density at radius 1 is 1.15 bits per heavy atom. The van der Waals surface area contributed by atoms with Gasteiger partial charge in [-0.25, -0.2) is 0 Å². The number of benzene rings is 1. The number of likely N-dealkylation sites (N-methyl/N-ethyl adjacent to an activating group) is 1. The molecule has 3 rings (SSSR count). The van der Waals surface area contributed by atoms with Gasteiger partial charge in [0.2, 0.25) is 5.91 Å². The molecule has 1 atom stereocenters. The summed E-state index contributed by atoms with van der Waals surface area (Å²) >= 11 is 0. The molecule has 1 fully saturated rings. The maximum atomic E-state index is 12.9. The SMILES string of the molecule is CNC(=O)[C@H]1CN(CCc2ccccc2)CCN1C(=O)c1ccc(C)nc1. The molecule has 0 spiro atoms. The topological polar surface area (TPSA) is 65.5 Å². The molecule has 2 amide bonds. The molecular formula is C21H26N4O2. The van der Waals surface area contributed by atoms with Crippen LogP contribution in [0, 0.1) is 6.92 Å². The number of pyridine rings is 1. The van der Waals surface area contributed by atoms with Gasteiger partial charge in [0.1, 0.15) is 6.04 Å². The second-order valence-corrected chi connectivity index (χ2v) is 6.85. The van der Waals surface area contributed by atoms with Crippen molar-refractivity contribution in [2.24, 2.45) is 0 Å². The summed E-state index contributed by atoms with van der Waals surface area (Å²) in [6, 6.07) is 13.4. The van der Waals surface area contributed by atoms with Crippen LogP contribution in [0.25, 0.3) is 0 Å². The first-order chi connectivity index (χ1) is 13.1. The first-order valence-electron chi connectivity index (χ1n) is 9.30. The van der Waals surface area contributed by atoms with Crippen LogP contribution in [0.2, 0.25) is 0 Å². The van der Waals surface area contributed by atoms with Gasteiger partial charge in [-0.2, -0.15) is 0 Å². The van der Waals surface area contributed by atoms with Crippen molar-refractivity contribution < 1.29 is 9.59 Å². The Bertz CT molecular complexity index is 777. The maximum Gasteiger partial charge on any atom is 0.256 e. The van der Waals surface area contributed by atoms with Gasteiger partial charge in [0.15, 0.2) is 0 Å². The van der Waals surface area contributed by atoms with Gasteiger partial charge in [0, 0.05) is 45.1 Å². The van der Waals surface area contributed by atoms with Gasteiger partial charge >= 0.3 is 0 Å². The molecule has 0 unspecified atom stereocenters. The minimum atomic E-state index is -0.492. The van der Waals surface area contributed by atoms with E-state index in [2.05, 4.69) is 27.3 Å². The first kappa shape index (κ1) is 19.0. The molecule has 6 heteroatoms. The van der Waals surface area contributed by atoms with Crippen molar-refractivity contribution in [3.8, 4) is 0 Å². The van der Waals surface area contributed by atoms with Crippen LogP contribution in [0.15, 0.2) is 48.7 Å². The van der Waals surface area contributed by atoms with Gasteiger partial charge in [0.25, 0.3) is 5.91 Å². The van der Waals surface area contributed by atoms with Gasteiger partial charge in [-0.1, -0.05) is 30.3 Å². The van der Waals surface area contributed by atoms with Crippen LogP contribution in [-0.2, 0) is 11.2 Å². The quantitative estimate of drug-likeness (QED) is 0.871. The summed E-state index contributed by atoms with van der Waals surface area (Å²) in [5, 5.41) is 2.70. The number of rotatable bonds is 5. The third kappa shape index (κ3) is 4.71. The second-order valence-electron chi connectivity index (χ2n) is 6.85. The van der Waals surface area contributed by atoms with E-state index >= 15 is 0 Å². The zero-order valence-corrected chi connectivity index (χ0v) is 15.9. The van der Waals surface area contributed by atoms with Gasteiger partial charge in [-0.15, -0.1) is 0 Å². The summed E-state index contributed by atoms with van der Waals surface area (Å²) in [5.74, 6) is -0.272. The van der Waals surface area contributed by atoms with Crippen LogP contribution in [-0.4, -0.2) is 65.9 Å². The van der Waals surface area contributed by atoms with E-state index in [1.807, 2.05) is 31.2 Å². The van der Waals surface area contributed by atoms with Crippen LogP contribution in [0.5, 0.6) is 0 Å². The van der Waals surface area contributed by atoms with Crippen molar-refractivity contribution in [3.63, 3.8) is 0 Å². The molecule has 27 heavy (non-hydrogen) atoms. The van der Waals surface area contributed by atoms with Gasteiger partial charge in [-0.05, 0) is 31.0 Å². The molecule has 1 aromatic heterocycles. The number of nitrogens with one attached hydrogen (secondary N) is 1. The number of aryl methyl sites for hydroxylation is 1. The fourth-order valence-electron chi connectivity index (χ4n) is 3.37. The maximum absolute atomic E-state index is 12.9. The summed E-state index contributed by atoms with van der Waals surface area (Å²) in [6.07, 6.45) is 2.51. The fourth-order valence-corrected chi connectivity index (χ4v) is 3.37. The predicted octanol–water partition coefficient (Wildman–Crippen LogP) is 1.51. The van der Waals surface area contributed by atoms with Crippen molar-refractivity contribution in [2.45, 2.75) is 19.4 Å². The number of carbonyl (C=O) groups excluding carboxylic acids is 2. The zero-order valence-electron chi connectivity index (χ0n) is 15.9. The Hall–Kier alpha value is -2.73. The van der Waals surface area contributed by atoms with E-state index in [9.17, 15) is 9.59 Å². The highest BCUT2D eigenvalue weighted by Crippen LogP contribution is 2.15. The van der Waals surface area contributed by atoms with E-state index in [-0.39, 0.29) is 11.8 Å². The summed E-state index contributed by atoms with van der Waals surface area (Å²) in [4.78, 5) is 33.5. The third-order valence-corrected chi connectivity index (χ3v) is 4.99. The molecule has 0 bridgehead atoms. The largest absolute Gasteiger partial charge is 0.357 e. The molecule has 0 aliphatic carbocycles. The lowest BCUT2D eigenvalue weighted by Gasteiger charge is -2.40. The Balaban J connectivity index is 1.68. The third-order valence-electron chi connectivity index (χ3n) is 4.99. The molecular weight excluding hydrogens is 340 g/mol. The molecule has 1 aliphatic rings. The average Bonchev–Trinajstić information content (AvgIpc) is 2.72. The smallest absolute Gasteiger partial charge is 0.256 e. The lowest BCUT2D eigenvalue weighted by molar-refractivity contribution is -0.127. The highest BCUT2D eigenvalue weighted by Gasteiger charge is 2.35. The van der Waals surface area contributed by atoms with Crippen LogP contribution in [0.1, 0.15) is 21.6 Å². The van der Waals surface area contributed by atoms with Gasteiger partial charge in [-0.3, -0.25) is 19.5 Å². The van der Waals surface area contributed by atoms with E-state index in [0.29, 0.717) is 18.7 Å². The molecule has 1 saturated heterocycles. The molecule has 1 aliphatic heterocycles. The highest BCUT2D eigenvalue weighted by molar-refractivity contribution is 5.97. The van der Waals surface area contributed by atoms with E-state index in [1.54, 1.807) is 24.2 Å². The molecule has 142 valence electrons. The van der Waals surface area contributed by atoms with Crippen molar-refractivity contribution >= 4 is 11.8 Å². The molecule has 1 N–H and O–H groups in total. The first-order valence-corrected chi connectivity index (χ1v) is 9.30. The van der Waals surface area contributed by atoms with E-state index in [4.69, 9.17) is 0 Å². The number of amides is 2. The minimum absolute atomic E-state index is 0.132. The highest BCUT2D eigenvalue weighted by atomic mass is 16.2. The monoisotopic (exact) mass is 366 g/mol. The Kier molecular flexibility index (Phi) is 6.19. The van der Waals surface area contributed by atoms with Crippen LogP contribution in [0.3, 0.4) is 0 Å². The van der Waals surface area contributed by atoms with Crippen molar-refractivity contribution in [1.82, 2.24) is 20.1 Å². The number of nitrogens with zero attached hydrogens (tertiary/aromatic N) is 3. The molecule has 2 heterocycles. The van der Waals surface area contributed by atoms with Gasteiger partial charge < -0.3 is 10.2 Å². The number of hydrogen-bond donors (Lipinski definition) is 1. The van der Waals surface area contributed by atoms with Crippen LogP contribution in [0.4, 0.5) is 0 Å². The van der Waals surface area contributed by atoms with Gasteiger partial charge in [0.05, 0.1) is 5.56 Å². The molecule has 2 aromatic rings. The van der Waals surface area contributed by atoms with Crippen molar-refractivity contribution in [1.29, 1.82) is 0 Å². The second kappa shape index (κ2) is 8.77. The standard InChI is InChI=1S/C21H26N4O2/c1-16-8-9-18(14-23-16)21(27)25-13-12-24(15-19(25)20(26)22-2)11-10-17-6-4-3-5-7-17/h3-9,14,19H,10-13,15H2,1-2H3,(H,22,26)/t19-/m1/s1. The summed E-state index contributed by atoms with van der Waals surface area (Å²) < 4.78 is 0. The van der Waals surface area contributed by atoms with E-state index in [0.717, 1.165) is 25.2 Å². The molecule has 0 radical (unpaired) electrons. The van der Waals surface area contributed by atoms with E-state index < -0.39 is 6.04 Å². The summed E-state index contributed by atoms with van der Waals surface area (Å²) in [7, 11) is 1.61. The van der Waals surface area contributed by atoms with Crippen LogP contribution < -0.4 is 5.32 Å². The molecule has 1 aromatic carbocycles. The average molecular weight is 366 g/mol. The minimum Gasteiger partial charge on any atom is -0.357 e. The number of piperazine rings is 1. The van der Waals surface area contributed by atoms with Crippen molar-refractivity contribution in [3.05, 3.63) is 65.5 Å². The Labute approximate surface area is 160 Å². The normalized spacial score (nSPS) is 17.6. The lowest BCUT2D eigenvalue weighted by Crippen LogP contribution is -2.60. The van der Waals surface area contributed by atoms with Crippen LogP contribution >= 0.6 is 0 Å². The summed E-state index contributed by atoms with van der Waals surface area (Å²) in [6.45, 7) is 4.57. The van der Waals surface area contributed by atoms with Crippen molar-refractivity contribution in [2.75, 3.05) is 33.2 Å². The van der Waals surface area contributed by atoms with E-state index in [1.165, 1.54) is 5.56 Å². The summed E-state index contributed by atoms with van der Waals surface area (Å²) in [5.41, 5.74) is 2.66. The Morgan fingerprint density at radius 2 is 1.93 bits per heavy atom. The fraction of sp³-hybridized carbons (Fsp3) is 0.381. The molecule has 0 saturated carbocycles. The zero-order chi connectivity index (χ0) is 19.2. The number of aromatic nitrogens is 1. The lowest BCUT2D eigenvalue weighted by atomic mass is 10.1. The Morgan fingerprint density at radius 3 is 2.59 bits per heavy atom. The number of carbonyl (C=O) groups is 2. The molecule has 6 nitrogen and oxygen atoms in total. The predicted molar refractivity (Wildman–Crippen MR) is 104 cm³/mol.